The van der Waals surface area contributed by atoms with Crippen molar-refractivity contribution in [2.45, 2.75) is 24.8 Å². The first-order valence-electron chi connectivity index (χ1n) is 5.30. The summed E-state index contributed by atoms with van der Waals surface area (Å²) in [5.41, 5.74) is 9.83. The molecule has 0 saturated carbocycles. The Labute approximate surface area is 95.8 Å². The molecule has 3 heteroatoms. The van der Waals surface area contributed by atoms with E-state index in [2.05, 4.69) is 37.9 Å². The van der Waals surface area contributed by atoms with E-state index in [0.717, 1.165) is 12.3 Å². The van der Waals surface area contributed by atoms with E-state index < -0.39 is 0 Å². The molecule has 1 heterocycles. The number of anilines is 1. The van der Waals surface area contributed by atoms with E-state index in [4.69, 9.17) is 5.73 Å². The van der Waals surface area contributed by atoms with E-state index in [-0.39, 0.29) is 0 Å². The maximum atomic E-state index is 5.77. The van der Waals surface area contributed by atoms with Crippen LogP contribution in [0.2, 0.25) is 0 Å². The fourth-order valence-corrected chi connectivity index (χ4v) is 3.45. The molecule has 0 spiro atoms. The number of nitrogens with two attached hydrogens (primary N) is 1. The van der Waals surface area contributed by atoms with E-state index >= 15 is 0 Å². The third-order valence-corrected chi connectivity index (χ3v) is 4.39. The molecule has 2 nitrogen and oxygen atoms in total. The zero-order valence-electron chi connectivity index (χ0n) is 9.58. The Hall–Kier alpha value is -0.670. The van der Waals surface area contributed by atoms with Crippen molar-refractivity contribution in [3.63, 3.8) is 0 Å². The summed E-state index contributed by atoms with van der Waals surface area (Å²) in [7, 11) is 2.15. The van der Waals surface area contributed by atoms with E-state index in [1.54, 1.807) is 0 Å². The molecule has 1 aromatic carbocycles. The second-order valence-electron chi connectivity index (χ2n) is 4.24. The molecular weight excluding hydrogens is 204 g/mol. The minimum atomic E-state index is 0.476. The molecule has 0 aliphatic carbocycles. The number of rotatable bonds is 1. The van der Waals surface area contributed by atoms with Gasteiger partial charge in [0.05, 0.1) is 11.7 Å². The van der Waals surface area contributed by atoms with Crippen LogP contribution >= 0.6 is 11.8 Å². The van der Waals surface area contributed by atoms with Gasteiger partial charge in [-0.1, -0.05) is 6.07 Å². The van der Waals surface area contributed by atoms with Gasteiger partial charge >= 0.3 is 0 Å². The molecule has 1 aliphatic rings. The molecule has 82 valence electrons. The summed E-state index contributed by atoms with van der Waals surface area (Å²) in [5.74, 6) is 1.10. The maximum absolute atomic E-state index is 5.77. The van der Waals surface area contributed by atoms with Gasteiger partial charge in [0.2, 0.25) is 0 Å². The second kappa shape index (κ2) is 4.06. The van der Waals surface area contributed by atoms with Crippen LogP contribution in [0.15, 0.2) is 17.0 Å². The predicted molar refractivity (Wildman–Crippen MR) is 67.9 cm³/mol. The fraction of sp³-hybridized carbons (Fsp3) is 0.500. The standard InChI is InChI=1S/C12H18N2S/c1-8-4-9(2)12-11(5-8)14(3)10(6-13)7-15-12/h4-5,10H,6-7,13H2,1-3H3. The largest absolute Gasteiger partial charge is 0.369 e. The van der Waals surface area contributed by atoms with E-state index in [9.17, 15) is 0 Å². The monoisotopic (exact) mass is 222 g/mol. The predicted octanol–water partition coefficient (Wildman–Crippen LogP) is 2.17. The maximum Gasteiger partial charge on any atom is 0.0510 e. The fourth-order valence-electron chi connectivity index (χ4n) is 2.10. The average molecular weight is 222 g/mol. The minimum Gasteiger partial charge on any atom is -0.369 e. The number of hydrogen-bond donors (Lipinski definition) is 1. The van der Waals surface area contributed by atoms with E-state index in [1.807, 2.05) is 11.8 Å². The number of nitrogens with zero attached hydrogens (tertiary/aromatic N) is 1. The lowest BCUT2D eigenvalue weighted by Crippen LogP contribution is -2.42. The number of thioether (sulfide) groups is 1. The van der Waals surface area contributed by atoms with Gasteiger partial charge in [0.15, 0.2) is 0 Å². The van der Waals surface area contributed by atoms with Crippen LogP contribution in [0.5, 0.6) is 0 Å². The lowest BCUT2D eigenvalue weighted by Gasteiger charge is -2.35. The van der Waals surface area contributed by atoms with Crippen molar-refractivity contribution < 1.29 is 0 Å². The van der Waals surface area contributed by atoms with Crippen molar-refractivity contribution in [1.82, 2.24) is 0 Å². The smallest absolute Gasteiger partial charge is 0.0510 e. The Morgan fingerprint density at radius 1 is 1.47 bits per heavy atom. The lowest BCUT2D eigenvalue weighted by molar-refractivity contribution is 0.690. The molecule has 1 aromatic rings. The van der Waals surface area contributed by atoms with Crippen molar-refractivity contribution >= 4 is 17.4 Å². The van der Waals surface area contributed by atoms with Gasteiger partial charge < -0.3 is 10.6 Å². The van der Waals surface area contributed by atoms with E-state index in [1.165, 1.54) is 21.7 Å². The van der Waals surface area contributed by atoms with Gasteiger partial charge in [-0.3, -0.25) is 0 Å². The zero-order valence-corrected chi connectivity index (χ0v) is 10.4. The molecule has 0 amide bonds. The molecule has 0 radical (unpaired) electrons. The summed E-state index contributed by atoms with van der Waals surface area (Å²) in [5, 5.41) is 0. The first-order valence-corrected chi connectivity index (χ1v) is 6.29. The van der Waals surface area contributed by atoms with Crippen LogP contribution < -0.4 is 10.6 Å². The summed E-state index contributed by atoms with van der Waals surface area (Å²) >= 11 is 1.94. The number of aryl methyl sites for hydroxylation is 2. The van der Waals surface area contributed by atoms with Crippen LogP contribution in [0.3, 0.4) is 0 Å². The van der Waals surface area contributed by atoms with Gasteiger partial charge in [0.1, 0.15) is 0 Å². The van der Waals surface area contributed by atoms with Crippen LogP contribution in [-0.4, -0.2) is 25.4 Å². The number of fused-ring (bicyclic) bond motifs is 1. The van der Waals surface area contributed by atoms with Crippen LogP contribution in [0.4, 0.5) is 5.69 Å². The molecule has 0 aromatic heterocycles. The minimum absolute atomic E-state index is 0.476. The molecule has 0 saturated heterocycles. The molecule has 15 heavy (non-hydrogen) atoms. The summed E-state index contributed by atoms with van der Waals surface area (Å²) in [4.78, 5) is 3.75. The first-order chi connectivity index (χ1) is 7.13. The normalized spacial score (nSPS) is 20.3. The Morgan fingerprint density at radius 2 is 2.20 bits per heavy atom. The Balaban J connectivity index is 2.46. The summed E-state index contributed by atoms with van der Waals surface area (Å²) in [6.07, 6.45) is 0. The Kier molecular flexibility index (Phi) is 2.94. The molecule has 1 aliphatic heterocycles. The first kappa shape index (κ1) is 10.8. The SMILES string of the molecule is Cc1cc(C)c2c(c1)N(C)C(CN)CS2. The highest BCUT2D eigenvalue weighted by Crippen LogP contribution is 2.39. The molecule has 1 unspecified atom stereocenters. The third-order valence-electron chi connectivity index (χ3n) is 3.02. The second-order valence-corrected chi connectivity index (χ2v) is 5.27. The number of hydrogen-bond acceptors (Lipinski definition) is 3. The van der Waals surface area contributed by atoms with Crippen molar-refractivity contribution in [2.24, 2.45) is 5.73 Å². The molecule has 0 bridgehead atoms. The van der Waals surface area contributed by atoms with Gasteiger partial charge in [-0.25, -0.2) is 0 Å². The van der Waals surface area contributed by atoms with Gasteiger partial charge in [-0.15, -0.1) is 11.8 Å². The molecule has 0 fully saturated rings. The van der Waals surface area contributed by atoms with Gasteiger partial charge in [-0.2, -0.15) is 0 Å². The Morgan fingerprint density at radius 3 is 2.87 bits per heavy atom. The van der Waals surface area contributed by atoms with Crippen LogP contribution in [0, 0.1) is 13.8 Å². The Bertz CT molecular complexity index is 376. The van der Waals surface area contributed by atoms with Gasteiger partial charge in [0.25, 0.3) is 0 Å². The van der Waals surface area contributed by atoms with Crippen molar-refractivity contribution in [3.8, 4) is 0 Å². The topological polar surface area (TPSA) is 29.3 Å². The highest BCUT2D eigenvalue weighted by Gasteiger charge is 2.23. The van der Waals surface area contributed by atoms with Gasteiger partial charge in [-0.05, 0) is 31.0 Å². The highest BCUT2D eigenvalue weighted by atomic mass is 32.2. The molecule has 1 atom stereocenters. The molecule has 2 N–H and O–H groups in total. The molecular formula is C12H18N2S. The third kappa shape index (κ3) is 1.86. The van der Waals surface area contributed by atoms with Crippen molar-refractivity contribution in [2.75, 3.05) is 24.2 Å². The van der Waals surface area contributed by atoms with Crippen molar-refractivity contribution in [1.29, 1.82) is 0 Å². The zero-order chi connectivity index (χ0) is 11.0. The van der Waals surface area contributed by atoms with Crippen molar-refractivity contribution in [3.05, 3.63) is 23.3 Å². The quantitative estimate of drug-likeness (QED) is 0.789. The summed E-state index contributed by atoms with van der Waals surface area (Å²) in [6.45, 7) is 5.07. The van der Waals surface area contributed by atoms with Gasteiger partial charge in [0, 0.05) is 24.2 Å². The average Bonchev–Trinajstić information content (AvgIpc) is 2.19. The molecule has 2 rings (SSSR count). The number of benzene rings is 1. The lowest BCUT2D eigenvalue weighted by atomic mass is 10.1. The summed E-state index contributed by atoms with van der Waals surface area (Å²) < 4.78 is 0. The number of likely N-dealkylation sites (N-methyl/N-ethyl adjacent to an activating group) is 1. The van der Waals surface area contributed by atoms with Crippen LogP contribution in [-0.2, 0) is 0 Å². The summed E-state index contributed by atoms with van der Waals surface area (Å²) in [6, 6.07) is 4.99. The van der Waals surface area contributed by atoms with Crippen LogP contribution in [0.25, 0.3) is 0 Å². The van der Waals surface area contributed by atoms with E-state index in [0.29, 0.717) is 6.04 Å². The highest BCUT2D eigenvalue weighted by molar-refractivity contribution is 7.99. The van der Waals surface area contributed by atoms with Crippen LogP contribution in [0.1, 0.15) is 11.1 Å².